The summed E-state index contributed by atoms with van der Waals surface area (Å²) < 4.78 is 0. The van der Waals surface area contributed by atoms with Crippen LogP contribution in [0.15, 0.2) is 11.3 Å². The molecule has 11 atom stereocenters. The number of fused-ring (bicyclic) bond motifs is 7. The van der Waals surface area contributed by atoms with Gasteiger partial charge in [-0.3, -0.25) is 4.79 Å². The van der Waals surface area contributed by atoms with Gasteiger partial charge in [0.15, 0.2) is 5.78 Å². The number of nitrogens with one attached hydrogen (secondary N) is 2. The molecule has 6 aliphatic carbocycles. The maximum absolute atomic E-state index is 13.8. The first kappa shape index (κ1) is 23.7. The second kappa shape index (κ2) is 8.17. The predicted octanol–water partition coefficient (Wildman–Crippen LogP) is 5.10. The van der Waals surface area contributed by atoms with Crippen LogP contribution in [0.3, 0.4) is 0 Å². The van der Waals surface area contributed by atoms with Crippen molar-refractivity contribution in [3.05, 3.63) is 11.3 Å². The van der Waals surface area contributed by atoms with E-state index in [0.29, 0.717) is 53.4 Å². The second-order valence-corrected chi connectivity index (χ2v) is 13.8. The smallest absolute Gasteiger partial charge is 0.155 e. The number of allylic oxidation sites excluding steroid dienone is 2. The number of rotatable bonds is 6. The van der Waals surface area contributed by atoms with Crippen molar-refractivity contribution in [2.24, 2.45) is 64.6 Å². The summed E-state index contributed by atoms with van der Waals surface area (Å²) in [6.45, 7) is 7.18. The standard InChI is InChI=1S/C30H43N3O2/c1-16-24-25(16)27(23(34)15-33-28(17-4-5-17)19(13-31)14-32)30(3)11-9-21-20-8-10-29(2,35)12-18(20)6-7-22(21)26(24)30/h13,16-18,20-22,24-27,31,33,35H,4-12,15H2,1-3H3/b28-19+,31-13?/t16-,18+,20-,21+,22+,24+,25-,26+,27-,29+,30-/m0/s1. The number of carbonyl (C=O) groups is 1. The van der Waals surface area contributed by atoms with E-state index in [4.69, 9.17) is 5.41 Å². The molecule has 3 N–H and O–H groups in total. The SMILES string of the molecule is C[C@H]1[C@@H]2[C@H]1[C@H](C(=O)CN/C(=C(/C#N)C=N)C1CC1)[C@@]1(C)CC[C@H]3[C@@H](CC[C@@H]4C[C@](C)(O)CC[C@@H]43)[C@H]21. The first-order valence-corrected chi connectivity index (χ1v) is 14.3. The van der Waals surface area contributed by atoms with Crippen LogP contribution in [0.1, 0.15) is 78.6 Å². The molecule has 0 heterocycles. The van der Waals surface area contributed by atoms with Gasteiger partial charge in [-0.05, 0) is 117 Å². The molecule has 5 nitrogen and oxygen atoms in total. The van der Waals surface area contributed by atoms with Crippen molar-refractivity contribution < 1.29 is 9.90 Å². The molecule has 0 aromatic carbocycles. The van der Waals surface area contributed by atoms with Gasteiger partial charge in [-0.1, -0.05) is 13.8 Å². The predicted molar refractivity (Wildman–Crippen MR) is 135 cm³/mol. The number of ketones is 1. The largest absolute Gasteiger partial charge is 0.390 e. The lowest BCUT2D eigenvalue weighted by atomic mass is 9.47. The summed E-state index contributed by atoms with van der Waals surface area (Å²) in [6.07, 6.45) is 11.3. The van der Waals surface area contributed by atoms with Crippen LogP contribution in [0.4, 0.5) is 0 Å². The van der Waals surface area contributed by atoms with Gasteiger partial charge < -0.3 is 15.8 Å². The van der Waals surface area contributed by atoms with Crippen molar-refractivity contribution in [2.75, 3.05) is 6.54 Å². The Balaban J connectivity index is 1.21. The number of hydrogen-bond acceptors (Lipinski definition) is 5. The fourth-order valence-corrected chi connectivity index (χ4v) is 10.4. The highest BCUT2D eigenvalue weighted by atomic mass is 16.3. The van der Waals surface area contributed by atoms with Crippen molar-refractivity contribution in [3.8, 4) is 6.07 Å². The lowest BCUT2D eigenvalue weighted by Crippen LogP contribution is -2.53. The summed E-state index contributed by atoms with van der Waals surface area (Å²) >= 11 is 0. The molecule has 190 valence electrons. The molecule has 0 spiro atoms. The van der Waals surface area contributed by atoms with E-state index in [0.717, 1.165) is 55.3 Å². The summed E-state index contributed by atoms with van der Waals surface area (Å²) in [5, 5.41) is 31.1. The molecule has 6 aliphatic rings. The van der Waals surface area contributed by atoms with E-state index in [1.54, 1.807) is 0 Å². The van der Waals surface area contributed by atoms with E-state index in [-0.39, 0.29) is 11.3 Å². The minimum absolute atomic E-state index is 0.109. The average molecular weight is 478 g/mol. The fraction of sp³-hybridized carbons (Fsp3) is 0.833. The van der Waals surface area contributed by atoms with Crippen molar-refractivity contribution in [3.63, 3.8) is 0 Å². The van der Waals surface area contributed by atoms with E-state index < -0.39 is 5.60 Å². The molecule has 0 saturated heterocycles. The van der Waals surface area contributed by atoms with Gasteiger partial charge in [0.05, 0.1) is 17.7 Å². The number of Topliss-reactive ketones (excluding diaryl/α,β-unsaturated/α-hetero) is 1. The minimum atomic E-state index is -0.470. The highest BCUT2D eigenvalue weighted by Gasteiger charge is 2.73. The number of nitriles is 1. The number of nitrogens with zero attached hydrogens (tertiary/aromatic N) is 1. The second-order valence-electron chi connectivity index (χ2n) is 13.8. The quantitative estimate of drug-likeness (QED) is 0.366. The molecule has 0 unspecified atom stereocenters. The Morgan fingerprint density at radius 3 is 2.51 bits per heavy atom. The lowest BCUT2D eigenvalue weighted by Gasteiger charge is -2.58. The van der Waals surface area contributed by atoms with Crippen LogP contribution in [0, 0.1) is 81.3 Å². The van der Waals surface area contributed by atoms with Crippen LogP contribution in [0.5, 0.6) is 0 Å². The molecule has 35 heavy (non-hydrogen) atoms. The summed E-state index contributed by atoms with van der Waals surface area (Å²) in [4.78, 5) is 13.8. The van der Waals surface area contributed by atoms with Gasteiger partial charge in [0.1, 0.15) is 6.07 Å². The first-order chi connectivity index (χ1) is 16.7. The van der Waals surface area contributed by atoms with Gasteiger partial charge in [0.25, 0.3) is 0 Å². The molecule has 6 rings (SSSR count). The maximum atomic E-state index is 13.8. The van der Waals surface area contributed by atoms with Gasteiger partial charge >= 0.3 is 0 Å². The third kappa shape index (κ3) is 3.64. The van der Waals surface area contributed by atoms with Gasteiger partial charge in [0.2, 0.25) is 0 Å². The van der Waals surface area contributed by atoms with E-state index in [9.17, 15) is 15.2 Å². The van der Waals surface area contributed by atoms with E-state index in [2.05, 4.69) is 25.2 Å². The van der Waals surface area contributed by atoms with Crippen LogP contribution in [-0.2, 0) is 4.79 Å². The van der Waals surface area contributed by atoms with Crippen LogP contribution < -0.4 is 5.32 Å². The normalized spacial score (nSPS) is 50.4. The Kier molecular flexibility index (Phi) is 5.53. The Morgan fingerprint density at radius 1 is 1.09 bits per heavy atom. The summed E-state index contributed by atoms with van der Waals surface area (Å²) in [7, 11) is 0. The van der Waals surface area contributed by atoms with E-state index >= 15 is 0 Å². The van der Waals surface area contributed by atoms with Gasteiger partial charge in [-0.2, -0.15) is 5.26 Å². The van der Waals surface area contributed by atoms with E-state index in [1.165, 1.54) is 32.1 Å². The van der Waals surface area contributed by atoms with Gasteiger partial charge in [0, 0.05) is 23.7 Å². The third-order valence-electron chi connectivity index (χ3n) is 11.9. The molecule has 5 heteroatoms. The Bertz CT molecular complexity index is 990. The third-order valence-corrected chi connectivity index (χ3v) is 11.9. The van der Waals surface area contributed by atoms with Crippen LogP contribution in [0.2, 0.25) is 0 Å². The molecule has 0 aliphatic heterocycles. The van der Waals surface area contributed by atoms with Crippen LogP contribution in [-0.4, -0.2) is 29.3 Å². The number of aliphatic hydroxyl groups is 1. The molecular formula is C30H43N3O2. The monoisotopic (exact) mass is 477 g/mol. The number of carbonyl (C=O) groups excluding carboxylic acids is 1. The average Bonchev–Trinajstić information content (AvgIpc) is 3.73. The highest BCUT2D eigenvalue weighted by molar-refractivity contribution is 5.86. The van der Waals surface area contributed by atoms with Crippen LogP contribution in [0.25, 0.3) is 0 Å². The minimum Gasteiger partial charge on any atom is -0.390 e. The van der Waals surface area contributed by atoms with Crippen molar-refractivity contribution in [1.82, 2.24) is 5.32 Å². The van der Waals surface area contributed by atoms with Crippen LogP contribution >= 0.6 is 0 Å². The molecule has 6 fully saturated rings. The molecule has 0 aromatic rings. The Labute approximate surface area is 210 Å². The topological polar surface area (TPSA) is 97.0 Å². The molecule has 0 bridgehead atoms. The van der Waals surface area contributed by atoms with Crippen molar-refractivity contribution in [1.29, 1.82) is 10.7 Å². The molecule has 0 aromatic heterocycles. The van der Waals surface area contributed by atoms with Crippen molar-refractivity contribution in [2.45, 2.75) is 84.2 Å². The maximum Gasteiger partial charge on any atom is 0.155 e. The molecule has 0 amide bonds. The Morgan fingerprint density at radius 2 is 1.83 bits per heavy atom. The first-order valence-electron chi connectivity index (χ1n) is 14.3. The number of hydrogen-bond donors (Lipinski definition) is 3. The van der Waals surface area contributed by atoms with Crippen molar-refractivity contribution >= 4 is 12.0 Å². The summed E-state index contributed by atoms with van der Waals surface area (Å²) in [6, 6.07) is 2.15. The Hall–Kier alpha value is -1.67. The molecule has 6 saturated carbocycles. The zero-order valence-corrected chi connectivity index (χ0v) is 21.7. The van der Waals surface area contributed by atoms with E-state index in [1.807, 2.05) is 6.92 Å². The zero-order chi connectivity index (χ0) is 24.7. The zero-order valence-electron chi connectivity index (χ0n) is 21.7. The fourth-order valence-electron chi connectivity index (χ4n) is 10.4. The van der Waals surface area contributed by atoms with Gasteiger partial charge in [-0.15, -0.1) is 0 Å². The highest BCUT2D eigenvalue weighted by Crippen LogP contribution is 2.76. The summed E-state index contributed by atoms with van der Waals surface area (Å²) in [5.41, 5.74) is 0.850. The summed E-state index contributed by atoms with van der Waals surface area (Å²) in [5.74, 6) is 6.38. The molecule has 0 radical (unpaired) electrons. The van der Waals surface area contributed by atoms with Gasteiger partial charge in [-0.25, -0.2) is 0 Å². The lowest BCUT2D eigenvalue weighted by molar-refractivity contribution is -0.136. The molecular weight excluding hydrogens is 434 g/mol.